The van der Waals surface area contributed by atoms with E-state index in [0.29, 0.717) is 6.04 Å². The van der Waals surface area contributed by atoms with Gasteiger partial charge < -0.3 is 10.0 Å². The zero-order valence-corrected chi connectivity index (χ0v) is 11.8. The van der Waals surface area contributed by atoms with Crippen molar-refractivity contribution in [2.24, 2.45) is 5.92 Å². The van der Waals surface area contributed by atoms with Crippen LogP contribution in [0, 0.1) is 5.92 Å². The van der Waals surface area contributed by atoms with Crippen LogP contribution in [0.1, 0.15) is 39.2 Å². The van der Waals surface area contributed by atoms with E-state index in [4.69, 9.17) is 0 Å². The fourth-order valence-electron chi connectivity index (χ4n) is 3.19. The minimum Gasteiger partial charge on any atom is -0.385 e. The van der Waals surface area contributed by atoms with Gasteiger partial charge in [-0.25, -0.2) is 0 Å². The Hall–Kier alpha value is -0.860. The smallest absolute Gasteiger partial charge is 0.0948 e. The van der Waals surface area contributed by atoms with E-state index >= 15 is 0 Å². The van der Waals surface area contributed by atoms with Crippen LogP contribution >= 0.6 is 0 Å². The monoisotopic (exact) mass is 247 g/mol. The molecule has 0 radical (unpaired) electrons. The molecular formula is C16H25NO. The number of aliphatic hydroxyl groups is 1. The molecule has 0 amide bonds. The maximum atomic E-state index is 11.0. The van der Waals surface area contributed by atoms with Gasteiger partial charge in [0, 0.05) is 18.5 Å². The van der Waals surface area contributed by atoms with E-state index in [1.807, 2.05) is 18.2 Å². The summed E-state index contributed by atoms with van der Waals surface area (Å²) in [6, 6.07) is 10.6. The molecule has 0 aromatic heterocycles. The predicted octanol–water partition coefficient (Wildman–Crippen LogP) is 3.01. The van der Waals surface area contributed by atoms with Gasteiger partial charge in [0.15, 0.2) is 0 Å². The van der Waals surface area contributed by atoms with Crippen molar-refractivity contribution in [1.82, 2.24) is 4.90 Å². The van der Waals surface area contributed by atoms with Crippen LogP contribution in [0.5, 0.6) is 0 Å². The number of hydrogen-bond donors (Lipinski definition) is 1. The maximum absolute atomic E-state index is 11.0. The van der Waals surface area contributed by atoms with Gasteiger partial charge in [-0.15, -0.1) is 0 Å². The van der Waals surface area contributed by atoms with Crippen molar-refractivity contribution in [3.63, 3.8) is 0 Å². The van der Waals surface area contributed by atoms with Crippen LogP contribution in [0.2, 0.25) is 0 Å². The number of nitrogens with zero attached hydrogens (tertiary/aromatic N) is 1. The molecule has 1 saturated heterocycles. The van der Waals surface area contributed by atoms with Gasteiger partial charge in [-0.2, -0.15) is 0 Å². The zero-order valence-electron chi connectivity index (χ0n) is 11.8. The highest BCUT2D eigenvalue weighted by Gasteiger charge is 2.42. The summed E-state index contributed by atoms with van der Waals surface area (Å²) in [5.74, 6) is 0.280. The summed E-state index contributed by atoms with van der Waals surface area (Å²) in [5.41, 5.74) is 0.408. The summed E-state index contributed by atoms with van der Waals surface area (Å²) in [5, 5.41) is 11.0. The van der Waals surface area contributed by atoms with Crippen molar-refractivity contribution in [3.8, 4) is 0 Å². The molecule has 0 bridgehead atoms. The van der Waals surface area contributed by atoms with E-state index in [-0.39, 0.29) is 5.92 Å². The second kappa shape index (κ2) is 5.41. The zero-order chi connectivity index (χ0) is 13.2. The molecule has 2 nitrogen and oxygen atoms in total. The minimum atomic E-state index is -0.662. The largest absolute Gasteiger partial charge is 0.385 e. The first-order valence-corrected chi connectivity index (χ1v) is 7.10. The maximum Gasteiger partial charge on any atom is 0.0948 e. The molecule has 1 aromatic rings. The lowest BCUT2D eigenvalue weighted by Gasteiger charge is -2.47. The minimum absolute atomic E-state index is 0.280. The van der Waals surface area contributed by atoms with Crippen LogP contribution in [0.15, 0.2) is 30.3 Å². The third-order valence-electron chi connectivity index (χ3n) is 4.34. The molecule has 100 valence electrons. The Labute approximate surface area is 111 Å². The number of likely N-dealkylation sites (tertiary alicyclic amines) is 1. The quantitative estimate of drug-likeness (QED) is 0.887. The van der Waals surface area contributed by atoms with Gasteiger partial charge in [0.2, 0.25) is 0 Å². The molecular weight excluding hydrogens is 222 g/mol. The van der Waals surface area contributed by atoms with Crippen molar-refractivity contribution in [1.29, 1.82) is 0 Å². The normalized spacial score (nSPS) is 33.6. The van der Waals surface area contributed by atoms with E-state index in [9.17, 15) is 5.11 Å². The van der Waals surface area contributed by atoms with Crippen LogP contribution in [0.4, 0.5) is 0 Å². The summed E-state index contributed by atoms with van der Waals surface area (Å²) in [6.07, 6.45) is 2.01. The predicted molar refractivity (Wildman–Crippen MR) is 75.4 cm³/mol. The molecule has 18 heavy (non-hydrogen) atoms. The summed E-state index contributed by atoms with van der Waals surface area (Å²) in [4.78, 5) is 2.50. The van der Waals surface area contributed by atoms with Crippen molar-refractivity contribution in [3.05, 3.63) is 35.9 Å². The Morgan fingerprint density at radius 3 is 2.56 bits per heavy atom. The van der Waals surface area contributed by atoms with E-state index in [1.165, 1.54) is 6.42 Å². The van der Waals surface area contributed by atoms with Crippen LogP contribution in [-0.2, 0) is 5.60 Å². The Morgan fingerprint density at radius 2 is 1.94 bits per heavy atom. The molecule has 2 rings (SSSR count). The molecule has 1 fully saturated rings. The fourth-order valence-corrected chi connectivity index (χ4v) is 3.19. The molecule has 1 aliphatic heterocycles. The van der Waals surface area contributed by atoms with Gasteiger partial charge in [0.25, 0.3) is 0 Å². The average molecular weight is 247 g/mol. The standard InChI is InChI=1S/C16H25NO/c1-4-10-17-12-13(2)16(18,11-14(17)3)15-8-6-5-7-9-15/h5-9,13-14,18H,4,10-12H2,1-3H3/t13-,14+,16+/m1/s1. The second-order valence-electron chi connectivity index (χ2n) is 5.74. The summed E-state index contributed by atoms with van der Waals surface area (Å²) >= 11 is 0. The number of piperidine rings is 1. The van der Waals surface area contributed by atoms with E-state index < -0.39 is 5.60 Å². The van der Waals surface area contributed by atoms with Crippen molar-refractivity contribution >= 4 is 0 Å². The molecule has 2 heteroatoms. The van der Waals surface area contributed by atoms with Crippen LogP contribution in [0.25, 0.3) is 0 Å². The first-order chi connectivity index (χ1) is 8.58. The Bertz CT molecular complexity index is 378. The highest BCUT2D eigenvalue weighted by molar-refractivity contribution is 5.24. The molecule has 3 atom stereocenters. The van der Waals surface area contributed by atoms with E-state index in [2.05, 4.69) is 37.8 Å². The number of hydrogen-bond acceptors (Lipinski definition) is 2. The van der Waals surface area contributed by atoms with Crippen molar-refractivity contribution in [2.75, 3.05) is 13.1 Å². The van der Waals surface area contributed by atoms with E-state index in [1.54, 1.807) is 0 Å². The molecule has 1 aromatic carbocycles. The van der Waals surface area contributed by atoms with Crippen molar-refractivity contribution < 1.29 is 5.11 Å². The molecule has 0 aliphatic carbocycles. The Morgan fingerprint density at radius 1 is 1.28 bits per heavy atom. The van der Waals surface area contributed by atoms with Crippen LogP contribution in [-0.4, -0.2) is 29.1 Å². The van der Waals surface area contributed by atoms with E-state index in [0.717, 1.165) is 25.1 Å². The molecule has 1 aliphatic rings. The number of benzene rings is 1. The fraction of sp³-hybridized carbons (Fsp3) is 0.625. The van der Waals surface area contributed by atoms with Gasteiger partial charge in [-0.05, 0) is 31.9 Å². The molecule has 0 unspecified atom stereocenters. The van der Waals surface area contributed by atoms with Crippen LogP contribution < -0.4 is 0 Å². The summed E-state index contributed by atoms with van der Waals surface area (Å²) in [7, 11) is 0. The third kappa shape index (κ3) is 2.45. The molecule has 1 N–H and O–H groups in total. The summed E-state index contributed by atoms with van der Waals surface area (Å²) < 4.78 is 0. The Balaban J connectivity index is 2.20. The van der Waals surface area contributed by atoms with Gasteiger partial charge >= 0.3 is 0 Å². The first kappa shape index (κ1) is 13.6. The van der Waals surface area contributed by atoms with Crippen LogP contribution in [0.3, 0.4) is 0 Å². The lowest BCUT2D eigenvalue weighted by Crippen LogP contribution is -2.53. The SMILES string of the molecule is CCCN1C[C@@H](C)[C@](O)(c2ccccc2)C[C@@H]1C. The molecule has 1 heterocycles. The third-order valence-corrected chi connectivity index (χ3v) is 4.34. The van der Waals surface area contributed by atoms with Gasteiger partial charge in [-0.1, -0.05) is 44.2 Å². The summed E-state index contributed by atoms with van der Waals surface area (Å²) in [6.45, 7) is 8.74. The highest BCUT2D eigenvalue weighted by Crippen LogP contribution is 2.39. The van der Waals surface area contributed by atoms with Crippen molar-refractivity contribution in [2.45, 2.75) is 45.3 Å². The van der Waals surface area contributed by atoms with Gasteiger partial charge in [0.05, 0.1) is 5.60 Å². The van der Waals surface area contributed by atoms with Gasteiger partial charge in [0.1, 0.15) is 0 Å². The molecule has 0 spiro atoms. The van der Waals surface area contributed by atoms with Gasteiger partial charge in [-0.3, -0.25) is 0 Å². The number of rotatable bonds is 3. The lowest BCUT2D eigenvalue weighted by molar-refractivity contribution is -0.0904. The first-order valence-electron chi connectivity index (χ1n) is 7.10. The Kier molecular flexibility index (Phi) is 4.08. The molecule has 0 saturated carbocycles. The highest BCUT2D eigenvalue weighted by atomic mass is 16.3. The second-order valence-corrected chi connectivity index (χ2v) is 5.74. The lowest BCUT2D eigenvalue weighted by atomic mass is 9.74. The topological polar surface area (TPSA) is 23.5 Å². The average Bonchev–Trinajstić information content (AvgIpc) is 2.37.